The van der Waals surface area contributed by atoms with Crippen LogP contribution in [0.25, 0.3) is 0 Å². The van der Waals surface area contributed by atoms with E-state index in [2.05, 4.69) is 6.58 Å². The van der Waals surface area contributed by atoms with E-state index in [1.54, 1.807) is 6.08 Å². The fourth-order valence-corrected chi connectivity index (χ4v) is 1.11. The molecule has 1 fully saturated rings. The minimum absolute atomic E-state index is 0.0185. The summed E-state index contributed by atoms with van der Waals surface area (Å²) in [4.78, 5) is 29.8. The molecule has 9 heteroatoms. The lowest BCUT2D eigenvalue weighted by Gasteiger charge is -2.07. The molecule has 0 amide bonds. The molecule has 0 aromatic carbocycles. The van der Waals surface area contributed by atoms with Crippen LogP contribution in [0.2, 0.25) is 0 Å². The number of carboxylic acid groups (broad SMARTS) is 3. The molecule has 2 unspecified atom stereocenters. The Hall–Kier alpha value is -1.97. The van der Waals surface area contributed by atoms with E-state index in [0.717, 1.165) is 0 Å². The predicted octanol–water partition coefficient (Wildman–Crippen LogP) is -2.15. The zero-order valence-corrected chi connectivity index (χ0v) is 9.76. The minimum Gasteiger partial charge on any atom is -0.480 e. The second kappa shape index (κ2) is 6.27. The quantitative estimate of drug-likeness (QED) is 0.305. The summed E-state index contributed by atoms with van der Waals surface area (Å²) in [5, 5.41) is 41.0. The third kappa shape index (κ3) is 4.32. The zero-order valence-electron chi connectivity index (χ0n) is 9.76. The van der Waals surface area contributed by atoms with E-state index in [-0.39, 0.29) is 5.92 Å². The van der Waals surface area contributed by atoms with E-state index < -0.39 is 35.7 Å². The molecule has 1 saturated carbocycles. The maximum absolute atomic E-state index is 10.3. The van der Waals surface area contributed by atoms with Crippen LogP contribution in [-0.2, 0) is 14.4 Å². The van der Waals surface area contributed by atoms with E-state index in [1.807, 2.05) is 0 Å². The third-order valence-electron chi connectivity index (χ3n) is 2.55. The summed E-state index contributed by atoms with van der Waals surface area (Å²) in [5.41, 5.74) is 4.39. The molecule has 1 aliphatic rings. The largest absolute Gasteiger partial charge is 0.480 e. The summed E-state index contributed by atoms with van der Waals surface area (Å²) in [6.07, 6.45) is -2.41. The molecule has 1 rings (SSSR count). The maximum Gasteiger partial charge on any atom is 0.335 e. The van der Waals surface area contributed by atoms with Crippen molar-refractivity contribution in [2.45, 2.75) is 24.2 Å². The van der Waals surface area contributed by atoms with Gasteiger partial charge in [-0.3, -0.25) is 4.79 Å². The first-order chi connectivity index (χ1) is 8.57. The van der Waals surface area contributed by atoms with Crippen LogP contribution in [0.5, 0.6) is 0 Å². The van der Waals surface area contributed by atoms with Crippen molar-refractivity contribution in [2.75, 3.05) is 0 Å². The average Bonchev–Trinajstić information content (AvgIpc) is 3.01. The second-order valence-electron chi connectivity index (χ2n) is 3.96. The van der Waals surface area contributed by atoms with E-state index in [4.69, 9.17) is 31.3 Å². The van der Waals surface area contributed by atoms with E-state index in [0.29, 0.717) is 6.42 Å². The number of hydrogen-bond donors (Lipinski definition) is 6. The smallest absolute Gasteiger partial charge is 0.335 e. The highest BCUT2D eigenvalue weighted by molar-refractivity contribution is 5.83. The van der Waals surface area contributed by atoms with Gasteiger partial charge in [-0.1, -0.05) is 6.08 Å². The van der Waals surface area contributed by atoms with Crippen molar-refractivity contribution in [1.29, 1.82) is 0 Å². The normalized spacial score (nSPS) is 27.2. The highest BCUT2D eigenvalue weighted by atomic mass is 16.4. The van der Waals surface area contributed by atoms with Crippen LogP contribution in [0, 0.1) is 5.92 Å². The van der Waals surface area contributed by atoms with Crippen LogP contribution in [0.15, 0.2) is 12.7 Å². The Kier molecular flexibility index (Phi) is 5.62. The van der Waals surface area contributed by atoms with E-state index >= 15 is 0 Å². The molecule has 0 aromatic heterocycles. The maximum atomic E-state index is 10.3. The van der Waals surface area contributed by atoms with Gasteiger partial charge in [0.25, 0.3) is 0 Å². The Bertz CT molecular complexity index is 377. The van der Waals surface area contributed by atoms with Crippen LogP contribution in [0.1, 0.15) is 6.42 Å². The van der Waals surface area contributed by atoms with Gasteiger partial charge >= 0.3 is 17.9 Å². The molecule has 9 nitrogen and oxygen atoms in total. The van der Waals surface area contributed by atoms with Crippen LogP contribution < -0.4 is 5.73 Å². The van der Waals surface area contributed by atoms with Crippen molar-refractivity contribution in [3.8, 4) is 0 Å². The summed E-state index contributed by atoms with van der Waals surface area (Å²) in [6.45, 7) is 3.46. The van der Waals surface area contributed by atoms with Gasteiger partial charge in [-0.15, -0.1) is 6.58 Å². The lowest BCUT2D eigenvalue weighted by atomic mass is 10.2. The number of rotatable bonds is 5. The van der Waals surface area contributed by atoms with Crippen LogP contribution in [0.4, 0.5) is 0 Å². The number of aliphatic carboxylic acids is 3. The Morgan fingerprint density at radius 3 is 1.63 bits per heavy atom. The number of aliphatic hydroxyl groups excluding tert-OH is 2. The molecule has 0 aromatic rings. The number of carboxylic acids is 3. The van der Waals surface area contributed by atoms with Crippen molar-refractivity contribution in [1.82, 2.24) is 0 Å². The van der Waals surface area contributed by atoms with Crippen molar-refractivity contribution in [3.63, 3.8) is 0 Å². The molecular formula is C10H15NO8. The molecule has 0 radical (unpaired) electrons. The van der Waals surface area contributed by atoms with Gasteiger partial charge in [0.15, 0.2) is 12.2 Å². The molecule has 0 heterocycles. The molecule has 0 aliphatic heterocycles. The molecule has 7 N–H and O–H groups in total. The fourth-order valence-electron chi connectivity index (χ4n) is 1.11. The van der Waals surface area contributed by atoms with Crippen molar-refractivity contribution < 1.29 is 39.9 Å². The molecule has 0 saturated heterocycles. The van der Waals surface area contributed by atoms with Gasteiger partial charge in [-0.25, -0.2) is 9.59 Å². The average molecular weight is 277 g/mol. The first kappa shape index (κ1) is 17.0. The van der Waals surface area contributed by atoms with Gasteiger partial charge in [-0.2, -0.15) is 0 Å². The topological polar surface area (TPSA) is 178 Å². The third-order valence-corrected chi connectivity index (χ3v) is 2.55. The van der Waals surface area contributed by atoms with Crippen molar-refractivity contribution in [2.24, 2.45) is 11.7 Å². The molecular weight excluding hydrogens is 262 g/mol. The molecule has 108 valence electrons. The number of hydrogen-bond acceptors (Lipinski definition) is 6. The molecule has 4 atom stereocenters. The molecule has 19 heavy (non-hydrogen) atoms. The minimum atomic E-state index is -2.27. The first-order valence-corrected chi connectivity index (χ1v) is 5.04. The Balaban J connectivity index is 0.000000342. The SMILES string of the molecule is C=C[C@@H]1C[C@]1(N)C(=O)O.O=C(O)C(O)C(O)C(=O)O. The van der Waals surface area contributed by atoms with Gasteiger partial charge in [0.05, 0.1) is 0 Å². The van der Waals surface area contributed by atoms with Crippen molar-refractivity contribution >= 4 is 17.9 Å². The van der Waals surface area contributed by atoms with Gasteiger partial charge < -0.3 is 31.3 Å². The lowest BCUT2D eigenvalue weighted by Crippen LogP contribution is -2.39. The van der Waals surface area contributed by atoms with Gasteiger partial charge in [0.1, 0.15) is 5.54 Å². The van der Waals surface area contributed by atoms with Crippen LogP contribution >= 0.6 is 0 Å². The van der Waals surface area contributed by atoms with Crippen LogP contribution in [0.3, 0.4) is 0 Å². The fraction of sp³-hybridized carbons (Fsp3) is 0.500. The Morgan fingerprint density at radius 2 is 1.53 bits per heavy atom. The molecule has 1 aliphatic carbocycles. The summed E-state index contributed by atoms with van der Waals surface area (Å²) in [5.74, 6) is -4.48. The highest BCUT2D eigenvalue weighted by Crippen LogP contribution is 2.41. The summed E-state index contributed by atoms with van der Waals surface area (Å²) in [7, 11) is 0. The van der Waals surface area contributed by atoms with Gasteiger partial charge in [-0.05, 0) is 6.42 Å². The predicted molar refractivity (Wildman–Crippen MR) is 60.1 cm³/mol. The Labute approximate surface area is 107 Å². The van der Waals surface area contributed by atoms with Crippen molar-refractivity contribution in [3.05, 3.63) is 12.7 Å². The van der Waals surface area contributed by atoms with Gasteiger partial charge in [0.2, 0.25) is 0 Å². The summed E-state index contributed by atoms with van der Waals surface area (Å²) < 4.78 is 0. The number of carbonyl (C=O) groups is 3. The highest BCUT2D eigenvalue weighted by Gasteiger charge is 2.55. The first-order valence-electron chi connectivity index (χ1n) is 5.04. The lowest BCUT2D eigenvalue weighted by molar-refractivity contribution is -0.165. The summed E-state index contributed by atoms with van der Waals surface area (Å²) in [6, 6.07) is 0. The summed E-state index contributed by atoms with van der Waals surface area (Å²) >= 11 is 0. The zero-order chi connectivity index (χ0) is 15.4. The second-order valence-corrected chi connectivity index (χ2v) is 3.96. The van der Waals surface area contributed by atoms with Crippen LogP contribution in [-0.4, -0.2) is 61.2 Å². The number of nitrogens with two attached hydrogens (primary N) is 1. The monoisotopic (exact) mass is 277 g/mol. The molecule has 0 bridgehead atoms. The Morgan fingerprint density at radius 1 is 1.16 bits per heavy atom. The van der Waals surface area contributed by atoms with Gasteiger partial charge in [0, 0.05) is 5.92 Å². The number of aliphatic hydroxyl groups is 2. The van der Waals surface area contributed by atoms with E-state index in [9.17, 15) is 14.4 Å². The standard InChI is InChI=1S/C6H9NO2.C4H6O6/c1-2-4-3-6(4,7)5(8)9;5-1(3(7)8)2(6)4(9)10/h2,4H,1,3,7H2,(H,8,9);1-2,5-6H,(H,7,8)(H,9,10)/t4-,6-;/m1./s1. The molecule has 0 spiro atoms. The van der Waals surface area contributed by atoms with E-state index in [1.165, 1.54) is 0 Å².